The first-order chi connectivity index (χ1) is 13.2. The number of hydrogen-bond acceptors (Lipinski definition) is 6. The number of nitrogens with one attached hydrogen (secondary N) is 1. The van der Waals surface area contributed by atoms with Crippen molar-refractivity contribution in [2.75, 3.05) is 31.1 Å². The molecule has 5 rings (SSSR count). The molecule has 1 saturated heterocycles. The molecule has 0 unspecified atom stereocenters. The number of nitrogens with zero attached hydrogens (tertiary/aromatic N) is 4. The van der Waals surface area contributed by atoms with Gasteiger partial charge in [0.2, 0.25) is 11.0 Å². The van der Waals surface area contributed by atoms with Crippen LogP contribution in [0.5, 0.6) is 0 Å². The van der Waals surface area contributed by atoms with E-state index >= 15 is 0 Å². The molecule has 0 atom stereocenters. The van der Waals surface area contributed by atoms with Gasteiger partial charge in [0.05, 0.1) is 11.1 Å². The maximum Gasteiger partial charge on any atom is 0.230 e. The summed E-state index contributed by atoms with van der Waals surface area (Å²) in [5.74, 6) is 0.741. The lowest BCUT2D eigenvalue weighted by Gasteiger charge is -2.28. The summed E-state index contributed by atoms with van der Waals surface area (Å²) in [5.41, 5.74) is 4.92. The summed E-state index contributed by atoms with van der Waals surface area (Å²) in [6, 6.07) is 12.1. The van der Waals surface area contributed by atoms with E-state index in [1.165, 1.54) is 0 Å². The lowest BCUT2D eigenvalue weighted by atomic mass is 10.1. The zero-order valence-corrected chi connectivity index (χ0v) is 15.6. The number of benzene rings is 1. The van der Waals surface area contributed by atoms with E-state index in [9.17, 15) is 0 Å². The van der Waals surface area contributed by atoms with Crippen LogP contribution < -0.4 is 10.2 Å². The third-order valence-corrected chi connectivity index (χ3v) is 5.09. The summed E-state index contributed by atoms with van der Waals surface area (Å²) in [6.45, 7) is 5.55. The number of rotatable bonds is 2. The molecule has 0 spiro atoms. The second kappa shape index (κ2) is 6.48. The standard InChI is InChI=1S/C20H18ClN5O/c1-12-11-14(13-5-3-2-4-6-13)23-19-15(12)16-17(27-19)18(25-20(21)24-16)26-9-7-22-8-10-26/h2-6,11,22H,7-10H2,1H3. The van der Waals surface area contributed by atoms with Crippen LogP contribution in [0, 0.1) is 6.92 Å². The van der Waals surface area contributed by atoms with E-state index in [-0.39, 0.29) is 5.28 Å². The Morgan fingerprint density at radius 2 is 1.85 bits per heavy atom. The van der Waals surface area contributed by atoms with E-state index in [2.05, 4.69) is 26.3 Å². The Balaban J connectivity index is 1.75. The molecule has 0 aliphatic carbocycles. The Kier molecular flexibility index (Phi) is 3.95. The monoisotopic (exact) mass is 379 g/mol. The average Bonchev–Trinajstić information content (AvgIpc) is 3.07. The predicted molar refractivity (Wildman–Crippen MR) is 107 cm³/mol. The Hall–Kier alpha value is -2.70. The van der Waals surface area contributed by atoms with Crippen molar-refractivity contribution in [3.05, 3.63) is 47.2 Å². The van der Waals surface area contributed by atoms with Gasteiger partial charge in [0.1, 0.15) is 5.52 Å². The highest BCUT2D eigenvalue weighted by Gasteiger charge is 2.23. The fraction of sp³-hybridized carbons (Fsp3) is 0.250. The zero-order chi connectivity index (χ0) is 18.4. The first-order valence-corrected chi connectivity index (χ1v) is 9.37. The molecule has 1 aliphatic heterocycles. The van der Waals surface area contributed by atoms with Gasteiger partial charge in [-0.3, -0.25) is 0 Å². The maximum absolute atomic E-state index is 6.25. The highest BCUT2D eigenvalue weighted by molar-refractivity contribution is 6.29. The minimum atomic E-state index is 0.227. The van der Waals surface area contributed by atoms with Gasteiger partial charge >= 0.3 is 0 Å². The predicted octanol–water partition coefficient (Wildman–Crippen LogP) is 3.81. The van der Waals surface area contributed by atoms with E-state index in [4.69, 9.17) is 21.0 Å². The highest BCUT2D eigenvalue weighted by Crippen LogP contribution is 2.36. The van der Waals surface area contributed by atoms with Crippen LogP contribution in [-0.2, 0) is 0 Å². The molecule has 0 amide bonds. The number of piperazine rings is 1. The summed E-state index contributed by atoms with van der Waals surface area (Å²) in [6.07, 6.45) is 0. The average molecular weight is 380 g/mol. The summed E-state index contributed by atoms with van der Waals surface area (Å²) < 4.78 is 6.18. The van der Waals surface area contributed by atoms with Crippen LogP contribution in [0.25, 0.3) is 33.5 Å². The van der Waals surface area contributed by atoms with E-state index < -0.39 is 0 Å². The molecule has 1 N–H and O–H groups in total. The first-order valence-electron chi connectivity index (χ1n) is 8.99. The Morgan fingerprint density at radius 1 is 1.07 bits per heavy atom. The SMILES string of the molecule is Cc1cc(-c2ccccc2)nc2oc3c(N4CCNCC4)nc(Cl)nc3c12. The summed E-state index contributed by atoms with van der Waals surface area (Å²) in [4.78, 5) is 15.9. The molecule has 1 fully saturated rings. The van der Waals surface area contributed by atoms with Crippen molar-refractivity contribution in [2.45, 2.75) is 6.92 Å². The van der Waals surface area contributed by atoms with Crippen molar-refractivity contribution in [2.24, 2.45) is 0 Å². The molecule has 7 heteroatoms. The largest absolute Gasteiger partial charge is 0.432 e. The molecule has 0 bridgehead atoms. The second-order valence-corrected chi connectivity index (χ2v) is 7.04. The number of aromatic nitrogens is 3. The van der Waals surface area contributed by atoms with Crippen molar-refractivity contribution in [1.29, 1.82) is 0 Å². The van der Waals surface area contributed by atoms with Crippen LogP contribution >= 0.6 is 11.6 Å². The number of fused-ring (bicyclic) bond motifs is 3. The summed E-state index contributed by atoms with van der Waals surface area (Å²) in [5, 5.41) is 4.47. The molecule has 4 aromatic rings. The van der Waals surface area contributed by atoms with Crippen LogP contribution in [0.2, 0.25) is 5.28 Å². The Labute approximate surface area is 161 Å². The maximum atomic E-state index is 6.25. The van der Waals surface area contributed by atoms with Gasteiger partial charge in [-0.2, -0.15) is 4.98 Å². The molecule has 1 aliphatic rings. The highest BCUT2D eigenvalue weighted by atomic mass is 35.5. The lowest BCUT2D eigenvalue weighted by Crippen LogP contribution is -2.44. The zero-order valence-electron chi connectivity index (χ0n) is 14.9. The molecular formula is C20H18ClN5O. The molecule has 0 saturated carbocycles. The molecule has 4 heterocycles. The van der Waals surface area contributed by atoms with Crippen molar-refractivity contribution < 1.29 is 4.42 Å². The lowest BCUT2D eigenvalue weighted by molar-refractivity contribution is 0.579. The molecule has 6 nitrogen and oxygen atoms in total. The smallest absolute Gasteiger partial charge is 0.230 e. The molecular weight excluding hydrogens is 362 g/mol. The van der Waals surface area contributed by atoms with Gasteiger partial charge in [-0.15, -0.1) is 0 Å². The van der Waals surface area contributed by atoms with Crippen molar-refractivity contribution in [3.63, 3.8) is 0 Å². The van der Waals surface area contributed by atoms with E-state index in [0.717, 1.165) is 59.7 Å². The number of pyridine rings is 1. The van der Waals surface area contributed by atoms with Gasteiger partial charge in [-0.25, -0.2) is 9.97 Å². The number of anilines is 1. The van der Waals surface area contributed by atoms with Gasteiger partial charge in [0, 0.05) is 31.7 Å². The van der Waals surface area contributed by atoms with Crippen LogP contribution in [0.1, 0.15) is 5.56 Å². The Morgan fingerprint density at radius 3 is 2.63 bits per heavy atom. The van der Waals surface area contributed by atoms with Gasteiger partial charge in [-0.05, 0) is 30.2 Å². The third kappa shape index (κ3) is 2.81. The molecule has 3 aromatic heterocycles. The number of hydrogen-bond donors (Lipinski definition) is 1. The minimum absolute atomic E-state index is 0.227. The molecule has 27 heavy (non-hydrogen) atoms. The van der Waals surface area contributed by atoms with Crippen LogP contribution in [-0.4, -0.2) is 41.1 Å². The Bertz CT molecular complexity index is 1140. The van der Waals surface area contributed by atoms with Gasteiger partial charge in [-0.1, -0.05) is 30.3 Å². The normalized spacial score (nSPS) is 15.0. The van der Waals surface area contributed by atoms with E-state index in [1.54, 1.807) is 0 Å². The van der Waals surface area contributed by atoms with Crippen LogP contribution in [0.15, 0.2) is 40.8 Å². The van der Waals surface area contributed by atoms with Crippen molar-refractivity contribution in [3.8, 4) is 11.3 Å². The van der Waals surface area contributed by atoms with Crippen LogP contribution in [0.4, 0.5) is 5.82 Å². The second-order valence-electron chi connectivity index (χ2n) is 6.70. The molecule has 1 aromatic carbocycles. The summed E-state index contributed by atoms with van der Waals surface area (Å²) in [7, 11) is 0. The van der Waals surface area contributed by atoms with Crippen molar-refractivity contribution in [1.82, 2.24) is 20.3 Å². The quantitative estimate of drug-likeness (QED) is 0.534. The number of halogens is 1. The van der Waals surface area contributed by atoms with Crippen LogP contribution in [0.3, 0.4) is 0 Å². The van der Waals surface area contributed by atoms with Gasteiger partial charge in [0.25, 0.3) is 0 Å². The van der Waals surface area contributed by atoms with E-state index in [0.29, 0.717) is 11.3 Å². The molecule has 136 valence electrons. The minimum Gasteiger partial charge on any atom is -0.432 e. The first kappa shape index (κ1) is 16.5. The topological polar surface area (TPSA) is 67.1 Å². The fourth-order valence-electron chi connectivity index (χ4n) is 3.63. The van der Waals surface area contributed by atoms with Gasteiger partial charge in [0.15, 0.2) is 11.4 Å². The van der Waals surface area contributed by atoms with Crippen molar-refractivity contribution >= 4 is 39.6 Å². The third-order valence-electron chi connectivity index (χ3n) is 4.93. The fourth-order valence-corrected chi connectivity index (χ4v) is 3.79. The number of furan rings is 1. The van der Waals surface area contributed by atoms with Gasteiger partial charge < -0.3 is 14.6 Å². The number of aryl methyl sites for hydroxylation is 1. The molecule has 0 radical (unpaired) electrons. The summed E-state index contributed by atoms with van der Waals surface area (Å²) >= 11 is 6.25. The van der Waals surface area contributed by atoms with E-state index in [1.807, 2.05) is 37.3 Å².